The van der Waals surface area contributed by atoms with Crippen molar-refractivity contribution in [1.82, 2.24) is 10.3 Å². The maximum atomic E-state index is 12.7. The van der Waals surface area contributed by atoms with E-state index in [1.807, 2.05) is 43.3 Å². The molecule has 0 bridgehead atoms. The maximum Gasteiger partial charge on any atom is 0.253 e. The van der Waals surface area contributed by atoms with Crippen LogP contribution in [-0.4, -0.2) is 16.8 Å². The molecule has 5 heteroatoms. The highest BCUT2D eigenvalue weighted by Crippen LogP contribution is 2.40. The van der Waals surface area contributed by atoms with Gasteiger partial charge in [0, 0.05) is 23.7 Å². The molecule has 0 spiro atoms. The minimum absolute atomic E-state index is 0.0846. The smallest absolute Gasteiger partial charge is 0.253 e. The monoisotopic (exact) mass is 349 g/mol. The Balaban J connectivity index is 1.40. The maximum absolute atomic E-state index is 12.7. The summed E-state index contributed by atoms with van der Waals surface area (Å²) in [5.41, 5.74) is 3.39. The van der Waals surface area contributed by atoms with E-state index in [1.54, 1.807) is 6.20 Å². The number of nitrogens with zero attached hydrogens (tertiary/aromatic N) is 1. The van der Waals surface area contributed by atoms with Crippen LogP contribution < -0.4 is 10.6 Å². The summed E-state index contributed by atoms with van der Waals surface area (Å²) in [6.45, 7) is 1.96. The van der Waals surface area contributed by atoms with Gasteiger partial charge in [-0.25, -0.2) is 0 Å². The van der Waals surface area contributed by atoms with E-state index >= 15 is 0 Å². The fourth-order valence-electron chi connectivity index (χ4n) is 3.09. The van der Waals surface area contributed by atoms with Crippen molar-refractivity contribution in [3.8, 4) is 0 Å². The summed E-state index contributed by atoms with van der Waals surface area (Å²) in [5, 5.41) is 5.99. The van der Waals surface area contributed by atoms with Crippen molar-refractivity contribution in [2.45, 2.75) is 44.6 Å². The summed E-state index contributed by atoms with van der Waals surface area (Å²) in [6.07, 6.45) is 5.96. The number of carbonyl (C=O) groups excluding carboxylic acids is 2. The fraction of sp³-hybridized carbons (Fsp3) is 0.381. The number of hydrogen-bond acceptors (Lipinski definition) is 3. The van der Waals surface area contributed by atoms with E-state index in [0.717, 1.165) is 42.6 Å². The molecule has 2 N–H and O–H groups in total. The minimum Gasteiger partial charge on any atom is -0.345 e. The second-order valence-electron chi connectivity index (χ2n) is 7.29. The van der Waals surface area contributed by atoms with Crippen LogP contribution >= 0.6 is 0 Å². The molecule has 1 aromatic carbocycles. The van der Waals surface area contributed by atoms with Crippen molar-refractivity contribution in [2.75, 3.05) is 5.32 Å². The van der Waals surface area contributed by atoms with Crippen LogP contribution in [0.3, 0.4) is 0 Å². The molecule has 0 aliphatic heterocycles. The highest BCUT2D eigenvalue weighted by Gasteiger charge is 2.30. The van der Waals surface area contributed by atoms with Gasteiger partial charge < -0.3 is 10.6 Å². The Bertz CT molecular complexity index is 823. The minimum atomic E-state index is -0.122. The molecular formula is C21H23N3O2. The van der Waals surface area contributed by atoms with E-state index in [0.29, 0.717) is 11.5 Å². The van der Waals surface area contributed by atoms with E-state index in [4.69, 9.17) is 0 Å². The van der Waals surface area contributed by atoms with Crippen molar-refractivity contribution in [1.29, 1.82) is 0 Å². The van der Waals surface area contributed by atoms with Crippen molar-refractivity contribution in [3.63, 3.8) is 0 Å². The molecule has 1 aromatic heterocycles. The molecule has 26 heavy (non-hydrogen) atoms. The van der Waals surface area contributed by atoms with Gasteiger partial charge in [0.1, 0.15) is 0 Å². The van der Waals surface area contributed by atoms with Crippen molar-refractivity contribution < 1.29 is 9.59 Å². The van der Waals surface area contributed by atoms with E-state index in [-0.39, 0.29) is 23.8 Å². The predicted octanol–water partition coefficient (Wildman–Crippen LogP) is 3.80. The van der Waals surface area contributed by atoms with Crippen LogP contribution in [0.2, 0.25) is 0 Å². The lowest BCUT2D eigenvalue weighted by atomic mass is 10.1. The molecule has 2 aromatic rings. The fourth-order valence-corrected chi connectivity index (χ4v) is 3.09. The van der Waals surface area contributed by atoms with Crippen LogP contribution in [0.25, 0.3) is 0 Å². The summed E-state index contributed by atoms with van der Waals surface area (Å²) in [7, 11) is 0. The molecular weight excluding hydrogens is 326 g/mol. The Labute approximate surface area is 153 Å². The molecule has 0 radical (unpaired) electrons. The molecule has 2 saturated carbocycles. The van der Waals surface area contributed by atoms with E-state index in [1.165, 1.54) is 0 Å². The zero-order valence-corrected chi connectivity index (χ0v) is 14.9. The molecule has 2 aliphatic rings. The molecule has 4 rings (SSSR count). The molecule has 5 nitrogen and oxygen atoms in total. The van der Waals surface area contributed by atoms with Crippen molar-refractivity contribution >= 4 is 17.5 Å². The third kappa shape index (κ3) is 3.77. The van der Waals surface area contributed by atoms with Crippen LogP contribution in [0.1, 0.15) is 66.2 Å². The number of hydrogen-bond donors (Lipinski definition) is 2. The van der Waals surface area contributed by atoms with Crippen LogP contribution in [0.4, 0.5) is 5.69 Å². The van der Waals surface area contributed by atoms with Crippen LogP contribution in [0, 0.1) is 5.92 Å². The Morgan fingerprint density at radius 2 is 1.81 bits per heavy atom. The average molecular weight is 349 g/mol. The van der Waals surface area contributed by atoms with Crippen LogP contribution in [0.15, 0.2) is 42.6 Å². The normalized spacial score (nSPS) is 17.4. The molecule has 1 atom stereocenters. The Hall–Kier alpha value is -2.69. The number of pyridine rings is 1. The van der Waals surface area contributed by atoms with Gasteiger partial charge in [-0.3, -0.25) is 14.6 Å². The Morgan fingerprint density at radius 1 is 1.08 bits per heavy atom. The van der Waals surface area contributed by atoms with E-state index in [9.17, 15) is 9.59 Å². The van der Waals surface area contributed by atoms with E-state index in [2.05, 4.69) is 15.6 Å². The molecule has 2 amide bonds. The topological polar surface area (TPSA) is 71.1 Å². The van der Waals surface area contributed by atoms with Gasteiger partial charge in [-0.05, 0) is 62.4 Å². The summed E-state index contributed by atoms with van der Waals surface area (Å²) in [4.78, 5) is 28.9. The van der Waals surface area contributed by atoms with Gasteiger partial charge in [0.2, 0.25) is 5.91 Å². The van der Waals surface area contributed by atoms with Gasteiger partial charge in [-0.15, -0.1) is 0 Å². The Morgan fingerprint density at radius 3 is 2.46 bits per heavy atom. The first-order valence-corrected chi connectivity index (χ1v) is 9.28. The van der Waals surface area contributed by atoms with Crippen molar-refractivity contribution in [2.24, 2.45) is 5.92 Å². The molecule has 2 fully saturated rings. The third-order valence-electron chi connectivity index (χ3n) is 5.02. The number of aromatic nitrogens is 1. The number of nitrogens with one attached hydrogen (secondary N) is 2. The summed E-state index contributed by atoms with van der Waals surface area (Å²) >= 11 is 0. The molecule has 134 valence electrons. The summed E-state index contributed by atoms with van der Waals surface area (Å²) in [5.74, 6) is 0.636. The molecule has 0 unspecified atom stereocenters. The Kier molecular flexibility index (Phi) is 4.45. The first-order chi connectivity index (χ1) is 12.6. The number of carbonyl (C=O) groups is 2. The quantitative estimate of drug-likeness (QED) is 0.833. The zero-order chi connectivity index (χ0) is 18.1. The predicted molar refractivity (Wildman–Crippen MR) is 99.9 cm³/mol. The second-order valence-corrected chi connectivity index (χ2v) is 7.29. The lowest BCUT2D eigenvalue weighted by Gasteiger charge is -2.16. The lowest BCUT2D eigenvalue weighted by molar-refractivity contribution is -0.117. The van der Waals surface area contributed by atoms with Gasteiger partial charge >= 0.3 is 0 Å². The molecule has 0 saturated heterocycles. The van der Waals surface area contributed by atoms with Crippen LogP contribution in [0.5, 0.6) is 0 Å². The second kappa shape index (κ2) is 6.90. The van der Waals surface area contributed by atoms with Crippen LogP contribution in [-0.2, 0) is 4.79 Å². The molecule has 2 aliphatic carbocycles. The highest BCUT2D eigenvalue weighted by molar-refractivity contribution is 5.96. The standard InChI is InChI=1S/C21H23N3O2/c1-13(14-8-10-17(11-9-14)24-20(25)16-6-7-16)23-21(26)18-3-2-12-22-19(18)15-4-5-15/h2-3,8-13,15-16H,4-7H2,1H3,(H,23,26)(H,24,25)/t13-/m1/s1. The zero-order valence-electron chi connectivity index (χ0n) is 14.9. The summed E-state index contributed by atoms with van der Waals surface area (Å²) < 4.78 is 0. The van der Waals surface area contributed by atoms with Gasteiger partial charge in [0.05, 0.1) is 17.3 Å². The average Bonchev–Trinajstić information content (AvgIpc) is 3.55. The van der Waals surface area contributed by atoms with E-state index < -0.39 is 0 Å². The highest BCUT2D eigenvalue weighted by atomic mass is 16.2. The number of rotatable bonds is 6. The largest absolute Gasteiger partial charge is 0.345 e. The van der Waals surface area contributed by atoms with Crippen molar-refractivity contribution in [3.05, 3.63) is 59.4 Å². The number of anilines is 1. The lowest BCUT2D eigenvalue weighted by Crippen LogP contribution is -2.27. The first-order valence-electron chi connectivity index (χ1n) is 9.28. The SMILES string of the molecule is C[C@@H](NC(=O)c1cccnc1C1CC1)c1ccc(NC(=O)C2CC2)cc1. The van der Waals surface area contributed by atoms with Gasteiger partial charge in [-0.2, -0.15) is 0 Å². The number of amides is 2. The summed E-state index contributed by atoms with van der Waals surface area (Å²) in [6, 6.07) is 11.2. The number of benzene rings is 1. The molecule has 1 heterocycles. The van der Waals surface area contributed by atoms with Gasteiger partial charge in [0.25, 0.3) is 5.91 Å². The van der Waals surface area contributed by atoms with Gasteiger partial charge in [0.15, 0.2) is 0 Å². The van der Waals surface area contributed by atoms with Gasteiger partial charge in [-0.1, -0.05) is 12.1 Å². The first kappa shape index (κ1) is 16.8. The third-order valence-corrected chi connectivity index (χ3v) is 5.02.